The van der Waals surface area contributed by atoms with Crippen LogP contribution in [-0.4, -0.2) is 71.7 Å². The molecule has 4 aliphatic rings. The van der Waals surface area contributed by atoms with Gasteiger partial charge in [-0.15, -0.1) is 0 Å². The second-order valence-electron chi connectivity index (χ2n) is 14.5. The molecule has 2 aliphatic heterocycles. The number of fused-ring (bicyclic) bond motifs is 2. The molecular formula is C40H41Cl2N5O6. The predicted octanol–water partition coefficient (Wildman–Crippen LogP) is 6.48. The van der Waals surface area contributed by atoms with Crippen molar-refractivity contribution in [2.45, 2.75) is 57.3 Å². The molecule has 2 aromatic heterocycles. The second-order valence-corrected chi connectivity index (χ2v) is 15.2. The quantitative estimate of drug-likeness (QED) is 0.139. The van der Waals surface area contributed by atoms with E-state index in [4.69, 9.17) is 42.4 Å². The van der Waals surface area contributed by atoms with E-state index < -0.39 is 11.4 Å². The number of carboxylic acids is 1. The molecule has 4 heterocycles. The minimum absolute atomic E-state index is 0.0997. The van der Waals surface area contributed by atoms with E-state index in [0.717, 1.165) is 71.2 Å². The number of methoxy groups -OCH3 is 2. The normalized spacial score (nSPS) is 23.0. The minimum atomic E-state index is -0.715. The lowest BCUT2D eigenvalue weighted by Gasteiger charge is -2.21. The summed E-state index contributed by atoms with van der Waals surface area (Å²) in [7, 11) is 3.18. The Hall–Kier alpha value is -4.42. The number of hydrogen-bond donors (Lipinski definition) is 3. The number of pyridine rings is 2. The van der Waals surface area contributed by atoms with Gasteiger partial charge in [-0.3, -0.25) is 14.5 Å². The molecule has 13 heteroatoms. The molecule has 11 nitrogen and oxygen atoms in total. The lowest BCUT2D eigenvalue weighted by atomic mass is 9.94. The van der Waals surface area contributed by atoms with E-state index in [1.165, 1.54) is 0 Å². The summed E-state index contributed by atoms with van der Waals surface area (Å²) in [5, 5.41) is 17.1. The highest BCUT2D eigenvalue weighted by atomic mass is 35.5. The van der Waals surface area contributed by atoms with Gasteiger partial charge in [0.15, 0.2) is 0 Å². The van der Waals surface area contributed by atoms with Gasteiger partial charge >= 0.3 is 5.97 Å². The van der Waals surface area contributed by atoms with Gasteiger partial charge in [-0.1, -0.05) is 65.7 Å². The van der Waals surface area contributed by atoms with E-state index in [1.807, 2.05) is 42.5 Å². The summed E-state index contributed by atoms with van der Waals surface area (Å²) in [6, 6.07) is 18.1. The van der Waals surface area contributed by atoms with Gasteiger partial charge in [0.2, 0.25) is 23.5 Å². The van der Waals surface area contributed by atoms with Crippen LogP contribution in [0.2, 0.25) is 10.0 Å². The summed E-state index contributed by atoms with van der Waals surface area (Å²) in [6.45, 7) is 2.99. The number of aliphatic carboxylic acids is 1. The Morgan fingerprint density at radius 3 is 2.51 bits per heavy atom. The Morgan fingerprint density at radius 2 is 1.75 bits per heavy atom. The third-order valence-corrected chi connectivity index (χ3v) is 11.8. The molecule has 2 aromatic carbocycles. The molecule has 2 saturated heterocycles. The standard InChI is InChI=1S/C40H41Cl2N5O6/c1-51-36-22(17-43-18-25-10-14-34(48)44-25)9-12-32(45-36)30-8-4-7-29(35(30)42)26-5-3-6-28-27(26)11-13-33(28)53-38-31(41)15-23(37(46-38)52-2)19-47-20-24-16-40(24,21-47)39(49)50/h3-9,12,15,24-25,33,43H,10-11,13-14,16-21H2,1-2H3,(H,44,48)(H,49,50)/t24?,25-,33-,40?/m0/s1. The van der Waals surface area contributed by atoms with Gasteiger partial charge in [0.05, 0.1) is 30.4 Å². The zero-order chi connectivity index (χ0) is 36.9. The van der Waals surface area contributed by atoms with Gasteiger partial charge in [-0.25, -0.2) is 4.98 Å². The Balaban J connectivity index is 0.989. The number of amides is 1. The molecule has 8 rings (SSSR count). The largest absolute Gasteiger partial charge is 0.481 e. The van der Waals surface area contributed by atoms with Crippen molar-refractivity contribution in [2.24, 2.45) is 11.3 Å². The fourth-order valence-corrected chi connectivity index (χ4v) is 8.90. The SMILES string of the molecule is COc1nc(-c2cccc(-c3cccc4c3CC[C@@H]4Oc3nc(OC)c(CN4CC5CC5(C(=O)O)C4)cc3Cl)c2Cl)ccc1CNC[C@@H]1CCC(=O)N1. The maximum absolute atomic E-state index is 11.8. The summed E-state index contributed by atoms with van der Waals surface area (Å²) >= 11 is 14.0. The third-order valence-electron chi connectivity index (χ3n) is 11.2. The van der Waals surface area contributed by atoms with Crippen LogP contribution in [0.5, 0.6) is 17.6 Å². The second kappa shape index (κ2) is 14.4. The average molecular weight is 759 g/mol. The zero-order valence-corrected chi connectivity index (χ0v) is 31.1. The van der Waals surface area contributed by atoms with Crippen LogP contribution in [0, 0.1) is 11.3 Å². The van der Waals surface area contributed by atoms with Crippen LogP contribution in [0.4, 0.5) is 0 Å². The van der Waals surface area contributed by atoms with Crippen molar-refractivity contribution in [1.29, 1.82) is 0 Å². The molecule has 0 spiro atoms. The van der Waals surface area contributed by atoms with Crippen molar-refractivity contribution in [2.75, 3.05) is 33.9 Å². The molecule has 2 aliphatic carbocycles. The zero-order valence-electron chi connectivity index (χ0n) is 29.6. The van der Waals surface area contributed by atoms with Crippen molar-refractivity contribution < 1.29 is 28.9 Å². The lowest BCUT2D eigenvalue weighted by molar-refractivity contribution is -0.143. The van der Waals surface area contributed by atoms with Gasteiger partial charge in [0.1, 0.15) is 11.1 Å². The van der Waals surface area contributed by atoms with Gasteiger partial charge < -0.3 is 30.0 Å². The summed E-state index contributed by atoms with van der Waals surface area (Å²) in [6.07, 6.45) is 3.40. The highest BCUT2D eigenvalue weighted by molar-refractivity contribution is 6.36. The van der Waals surface area contributed by atoms with Gasteiger partial charge in [-0.05, 0) is 60.4 Å². The molecule has 4 atom stereocenters. The number of nitrogens with one attached hydrogen (secondary N) is 2. The summed E-state index contributed by atoms with van der Waals surface area (Å²) < 4.78 is 17.8. The number of carbonyl (C=O) groups is 2. The van der Waals surface area contributed by atoms with Crippen LogP contribution in [0.15, 0.2) is 54.6 Å². The van der Waals surface area contributed by atoms with E-state index in [-0.39, 0.29) is 24.0 Å². The van der Waals surface area contributed by atoms with Crippen molar-refractivity contribution in [3.8, 4) is 40.0 Å². The predicted molar refractivity (Wildman–Crippen MR) is 200 cm³/mol. The molecule has 4 aromatic rings. The van der Waals surface area contributed by atoms with Crippen molar-refractivity contribution >= 4 is 35.1 Å². The smallest absolute Gasteiger partial charge is 0.311 e. The molecule has 3 N–H and O–H groups in total. The number of piperidine rings is 1. The first-order valence-corrected chi connectivity index (χ1v) is 18.7. The average Bonchev–Trinajstić information content (AvgIpc) is 3.43. The van der Waals surface area contributed by atoms with Crippen molar-refractivity contribution in [1.82, 2.24) is 25.5 Å². The molecule has 276 valence electrons. The fourth-order valence-electron chi connectivity index (χ4n) is 8.35. The molecule has 53 heavy (non-hydrogen) atoms. The lowest BCUT2D eigenvalue weighted by Crippen LogP contribution is -2.35. The Kier molecular flexibility index (Phi) is 9.69. The highest BCUT2D eigenvalue weighted by Gasteiger charge is 2.65. The van der Waals surface area contributed by atoms with Crippen molar-refractivity contribution in [3.63, 3.8) is 0 Å². The molecule has 1 amide bonds. The highest BCUT2D eigenvalue weighted by Crippen LogP contribution is 2.58. The molecule has 2 unspecified atom stereocenters. The monoisotopic (exact) mass is 757 g/mol. The molecule has 0 radical (unpaired) electrons. The van der Waals surface area contributed by atoms with Crippen LogP contribution < -0.4 is 24.8 Å². The number of nitrogens with zero attached hydrogens (tertiary/aromatic N) is 3. The number of likely N-dealkylation sites (tertiary alicyclic amines) is 1. The first-order valence-electron chi connectivity index (χ1n) is 18.0. The van der Waals surface area contributed by atoms with Gasteiger partial charge in [0.25, 0.3) is 0 Å². The Labute approximate surface area is 318 Å². The van der Waals surface area contributed by atoms with Crippen LogP contribution in [0.25, 0.3) is 22.4 Å². The first-order chi connectivity index (χ1) is 25.7. The number of carboxylic acid groups (broad SMARTS) is 1. The summed E-state index contributed by atoms with van der Waals surface area (Å²) in [5.74, 6) is 0.810. The number of benzene rings is 2. The number of aromatic nitrogens is 2. The minimum Gasteiger partial charge on any atom is -0.481 e. The third kappa shape index (κ3) is 6.80. The maximum Gasteiger partial charge on any atom is 0.311 e. The topological polar surface area (TPSA) is 135 Å². The Bertz CT molecular complexity index is 2100. The van der Waals surface area contributed by atoms with Crippen LogP contribution in [-0.2, 0) is 29.1 Å². The molecule has 0 bridgehead atoms. The molecular weight excluding hydrogens is 717 g/mol. The fraction of sp³-hybridized carbons (Fsp3) is 0.400. The molecule has 1 saturated carbocycles. The Morgan fingerprint density at radius 1 is 0.981 bits per heavy atom. The van der Waals surface area contributed by atoms with E-state index in [2.05, 4.69) is 32.7 Å². The summed E-state index contributed by atoms with van der Waals surface area (Å²) in [4.78, 5) is 35.0. The van der Waals surface area contributed by atoms with Gasteiger partial charge in [0, 0.05) is 67.4 Å². The van der Waals surface area contributed by atoms with E-state index >= 15 is 0 Å². The summed E-state index contributed by atoms with van der Waals surface area (Å²) in [5.41, 5.74) is 6.74. The van der Waals surface area contributed by atoms with E-state index in [0.29, 0.717) is 66.0 Å². The maximum atomic E-state index is 11.8. The van der Waals surface area contributed by atoms with Crippen molar-refractivity contribution in [3.05, 3.63) is 86.9 Å². The van der Waals surface area contributed by atoms with Crippen LogP contribution in [0.3, 0.4) is 0 Å². The number of carbonyl (C=O) groups excluding carboxylic acids is 1. The van der Waals surface area contributed by atoms with Gasteiger partial charge in [-0.2, -0.15) is 4.98 Å². The first kappa shape index (κ1) is 35.6. The van der Waals surface area contributed by atoms with Crippen LogP contribution >= 0.6 is 23.2 Å². The van der Waals surface area contributed by atoms with Crippen LogP contribution in [0.1, 0.15) is 54.0 Å². The van der Waals surface area contributed by atoms with E-state index in [1.54, 1.807) is 14.2 Å². The number of halogens is 2. The van der Waals surface area contributed by atoms with E-state index in [9.17, 15) is 14.7 Å². The number of hydrogen-bond acceptors (Lipinski definition) is 9. The molecule has 3 fully saturated rings. The number of ether oxygens (including phenoxy) is 3. The number of rotatable bonds is 13.